The van der Waals surface area contributed by atoms with Crippen molar-refractivity contribution in [1.82, 2.24) is 5.32 Å². The molecule has 0 saturated heterocycles. The van der Waals surface area contributed by atoms with E-state index in [9.17, 15) is 4.79 Å². The molecule has 1 aromatic heterocycles. The van der Waals surface area contributed by atoms with Crippen LogP contribution in [0.5, 0.6) is 0 Å². The van der Waals surface area contributed by atoms with Gasteiger partial charge in [-0.05, 0) is 17.4 Å². The molecular weight excluding hydrogens is 236 g/mol. The number of nitrogens with one attached hydrogen (secondary N) is 1. The van der Waals surface area contributed by atoms with Gasteiger partial charge in [-0.15, -0.1) is 11.3 Å². The molecule has 0 bridgehead atoms. The third-order valence-corrected chi connectivity index (χ3v) is 3.83. The molecular formula is C12H20N2O2S. The van der Waals surface area contributed by atoms with Crippen molar-refractivity contribution < 1.29 is 9.53 Å². The summed E-state index contributed by atoms with van der Waals surface area (Å²) >= 11 is 1.65. The number of hydrogen-bond acceptors (Lipinski definition) is 4. The van der Waals surface area contributed by atoms with Crippen LogP contribution in [0.4, 0.5) is 0 Å². The van der Waals surface area contributed by atoms with Crippen molar-refractivity contribution in [3.8, 4) is 0 Å². The van der Waals surface area contributed by atoms with Crippen LogP contribution in [0.15, 0.2) is 17.5 Å². The third kappa shape index (κ3) is 3.28. The smallest absolute Gasteiger partial charge is 0.240 e. The van der Waals surface area contributed by atoms with Crippen LogP contribution in [-0.4, -0.2) is 25.2 Å². The van der Waals surface area contributed by atoms with E-state index in [0.29, 0.717) is 6.54 Å². The van der Waals surface area contributed by atoms with Crippen LogP contribution in [0.25, 0.3) is 0 Å². The number of methoxy groups -OCH3 is 1. The summed E-state index contributed by atoms with van der Waals surface area (Å²) in [6.45, 7) is 4.84. The van der Waals surface area contributed by atoms with Crippen LogP contribution in [0.2, 0.25) is 0 Å². The molecule has 17 heavy (non-hydrogen) atoms. The van der Waals surface area contributed by atoms with Crippen LogP contribution < -0.4 is 11.1 Å². The molecule has 0 aliphatic heterocycles. The number of rotatable bonds is 7. The van der Waals surface area contributed by atoms with Crippen LogP contribution in [0, 0.1) is 5.92 Å². The molecule has 0 fully saturated rings. The lowest BCUT2D eigenvalue weighted by molar-refractivity contribution is -0.129. The van der Waals surface area contributed by atoms with E-state index < -0.39 is 5.54 Å². The summed E-state index contributed by atoms with van der Waals surface area (Å²) in [7, 11) is 1.58. The summed E-state index contributed by atoms with van der Waals surface area (Å²) in [5.41, 5.74) is 4.71. The monoisotopic (exact) mass is 256 g/mol. The van der Waals surface area contributed by atoms with Gasteiger partial charge in [0.2, 0.25) is 5.91 Å². The Balaban J connectivity index is 2.78. The molecule has 1 atom stereocenters. The van der Waals surface area contributed by atoms with Crippen molar-refractivity contribution in [2.75, 3.05) is 13.7 Å². The lowest BCUT2D eigenvalue weighted by Gasteiger charge is -2.34. The molecule has 0 spiro atoms. The maximum absolute atomic E-state index is 11.7. The van der Waals surface area contributed by atoms with Crippen molar-refractivity contribution in [3.05, 3.63) is 22.4 Å². The second kappa shape index (κ2) is 6.14. The molecule has 0 aliphatic rings. The van der Waals surface area contributed by atoms with Gasteiger partial charge in [0.25, 0.3) is 0 Å². The second-order valence-corrected chi connectivity index (χ2v) is 5.39. The topological polar surface area (TPSA) is 64.3 Å². The first kappa shape index (κ1) is 14.2. The number of carbonyl (C=O) groups excluding carboxylic acids is 1. The summed E-state index contributed by atoms with van der Waals surface area (Å²) in [5.74, 6) is -0.300. The highest BCUT2D eigenvalue weighted by molar-refractivity contribution is 7.09. The molecule has 0 saturated carbocycles. The first-order valence-corrected chi connectivity index (χ1v) is 6.47. The molecule has 96 valence electrons. The Hall–Kier alpha value is -0.910. The fraction of sp³-hybridized carbons (Fsp3) is 0.583. The number of carbonyl (C=O) groups is 1. The Bertz CT molecular complexity index is 351. The highest BCUT2D eigenvalue weighted by Gasteiger charge is 2.39. The average molecular weight is 256 g/mol. The first-order valence-electron chi connectivity index (χ1n) is 5.59. The predicted octanol–water partition coefficient (Wildman–Crippen LogP) is 1.36. The largest absolute Gasteiger partial charge is 0.382 e. The molecule has 4 nitrogen and oxygen atoms in total. The van der Waals surface area contributed by atoms with E-state index in [1.54, 1.807) is 18.4 Å². The van der Waals surface area contributed by atoms with Crippen LogP contribution in [0.3, 0.4) is 0 Å². The third-order valence-electron chi connectivity index (χ3n) is 2.96. The van der Waals surface area contributed by atoms with E-state index >= 15 is 0 Å². The highest BCUT2D eigenvalue weighted by atomic mass is 32.1. The lowest BCUT2D eigenvalue weighted by Crippen LogP contribution is -2.61. The van der Waals surface area contributed by atoms with E-state index in [4.69, 9.17) is 10.5 Å². The molecule has 0 radical (unpaired) electrons. The average Bonchev–Trinajstić information content (AvgIpc) is 2.76. The fourth-order valence-corrected chi connectivity index (χ4v) is 2.39. The Morgan fingerprint density at radius 2 is 2.35 bits per heavy atom. The van der Waals surface area contributed by atoms with Crippen molar-refractivity contribution in [2.24, 2.45) is 11.7 Å². The molecule has 0 aromatic carbocycles. The lowest BCUT2D eigenvalue weighted by atomic mass is 9.86. The van der Waals surface area contributed by atoms with Gasteiger partial charge in [-0.2, -0.15) is 0 Å². The minimum absolute atomic E-state index is 0.0694. The molecule has 5 heteroatoms. The fourth-order valence-electron chi connectivity index (χ4n) is 1.75. The van der Waals surface area contributed by atoms with Crippen molar-refractivity contribution in [1.29, 1.82) is 0 Å². The summed E-state index contributed by atoms with van der Waals surface area (Å²) in [6.07, 6.45) is 0. The molecule has 3 N–H and O–H groups in total. The molecule has 1 rings (SSSR count). The quantitative estimate of drug-likeness (QED) is 0.774. The Morgan fingerprint density at radius 1 is 1.65 bits per heavy atom. The van der Waals surface area contributed by atoms with Gasteiger partial charge in [-0.1, -0.05) is 19.9 Å². The second-order valence-electron chi connectivity index (χ2n) is 4.36. The van der Waals surface area contributed by atoms with Gasteiger partial charge in [0.05, 0.1) is 6.61 Å². The number of ether oxygens (including phenoxy) is 1. The highest BCUT2D eigenvalue weighted by Crippen LogP contribution is 2.19. The number of hydrogen-bond donors (Lipinski definition) is 2. The zero-order chi connectivity index (χ0) is 12.9. The van der Waals surface area contributed by atoms with E-state index in [0.717, 1.165) is 0 Å². The summed E-state index contributed by atoms with van der Waals surface area (Å²) < 4.78 is 5.14. The van der Waals surface area contributed by atoms with Gasteiger partial charge in [-0.25, -0.2) is 0 Å². The van der Waals surface area contributed by atoms with Gasteiger partial charge in [0, 0.05) is 18.5 Å². The van der Waals surface area contributed by atoms with Crippen molar-refractivity contribution >= 4 is 17.2 Å². The molecule has 1 unspecified atom stereocenters. The zero-order valence-corrected chi connectivity index (χ0v) is 11.3. The van der Waals surface area contributed by atoms with E-state index in [1.165, 1.54) is 4.88 Å². The summed E-state index contributed by atoms with van der Waals surface area (Å²) in [4.78, 5) is 12.9. The maximum atomic E-state index is 11.7. The Kier molecular flexibility index (Phi) is 5.11. The van der Waals surface area contributed by atoms with Gasteiger partial charge in [0.15, 0.2) is 0 Å². The van der Waals surface area contributed by atoms with Crippen LogP contribution in [0.1, 0.15) is 18.7 Å². The molecule has 0 aliphatic carbocycles. The number of amides is 1. The molecule has 1 aromatic rings. The predicted molar refractivity (Wildman–Crippen MR) is 69.8 cm³/mol. The maximum Gasteiger partial charge on any atom is 0.240 e. The summed E-state index contributed by atoms with van der Waals surface area (Å²) in [5, 5.41) is 5.25. The van der Waals surface area contributed by atoms with Gasteiger partial charge < -0.3 is 10.5 Å². The first-order chi connectivity index (χ1) is 8.03. The molecule has 1 amide bonds. The van der Waals surface area contributed by atoms with Crippen LogP contribution >= 0.6 is 11.3 Å². The van der Waals surface area contributed by atoms with Crippen LogP contribution in [-0.2, 0) is 16.1 Å². The Labute approximate surface area is 106 Å². The number of thiophene rings is 1. The zero-order valence-electron chi connectivity index (χ0n) is 10.5. The normalized spacial score (nSPS) is 14.8. The molecule has 1 heterocycles. The van der Waals surface area contributed by atoms with Crippen molar-refractivity contribution in [3.63, 3.8) is 0 Å². The number of nitrogens with two attached hydrogens (primary N) is 1. The standard InChI is InChI=1S/C12H20N2O2S/c1-9(2)12(8-16-3,11(13)15)14-7-10-5-4-6-17-10/h4-6,9,14H,7-8H2,1-3H3,(H2,13,15). The van der Waals surface area contributed by atoms with Crippen molar-refractivity contribution in [2.45, 2.75) is 25.9 Å². The SMILES string of the molecule is COCC(NCc1cccs1)(C(N)=O)C(C)C. The van der Waals surface area contributed by atoms with Gasteiger partial charge in [-0.3, -0.25) is 10.1 Å². The minimum atomic E-state index is -0.807. The van der Waals surface area contributed by atoms with E-state index in [1.807, 2.05) is 31.4 Å². The summed E-state index contributed by atoms with van der Waals surface area (Å²) in [6, 6.07) is 4.01. The minimum Gasteiger partial charge on any atom is -0.382 e. The van der Waals surface area contributed by atoms with Gasteiger partial charge in [0.1, 0.15) is 5.54 Å². The van der Waals surface area contributed by atoms with Gasteiger partial charge >= 0.3 is 0 Å². The van der Waals surface area contributed by atoms with E-state index in [-0.39, 0.29) is 18.4 Å². The van der Waals surface area contributed by atoms with E-state index in [2.05, 4.69) is 5.32 Å². The number of primary amides is 1. The Morgan fingerprint density at radius 3 is 2.76 bits per heavy atom.